The van der Waals surface area contributed by atoms with Crippen LogP contribution in [0.4, 0.5) is 0 Å². The Morgan fingerprint density at radius 1 is 1.00 bits per heavy atom. The number of hydrogen-bond acceptors (Lipinski definition) is 7. The van der Waals surface area contributed by atoms with Gasteiger partial charge in [0.25, 0.3) is 0 Å². The van der Waals surface area contributed by atoms with Crippen LogP contribution >= 0.6 is 0 Å². The lowest BCUT2D eigenvalue weighted by atomic mass is 9.99. The average molecular weight is 456 g/mol. The molecule has 2 aromatic rings. The number of ketones is 1. The molecule has 0 saturated carbocycles. The molecule has 9 heteroatoms. The number of aliphatic hydroxyl groups is 1. The molecule has 1 aliphatic heterocycles. The summed E-state index contributed by atoms with van der Waals surface area (Å²) in [7, 11) is 1.55. The van der Waals surface area contributed by atoms with Crippen molar-refractivity contribution in [3.63, 3.8) is 0 Å². The summed E-state index contributed by atoms with van der Waals surface area (Å²) in [5, 5.41) is 14.6. The van der Waals surface area contributed by atoms with Gasteiger partial charge in [-0.15, -0.1) is 0 Å². The third-order valence-electron chi connectivity index (χ3n) is 5.36. The number of amides is 2. The maximum atomic E-state index is 13.2. The third-order valence-corrected chi connectivity index (χ3v) is 5.36. The molecular formula is C24H29N3O6. The molecule has 0 spiro atoms. The lowest BCUT2D eigenvalue weighted by Gasteiger charge is -2.24. The first-order chi connectivity index (χ1) is 15.9. The number of carbonyl (C=O) groups excluding carboxylic acids is 3. The molecule has 0 radical (unpaired) electrons. The molecule has 5 N–H and O–H groups in total. The van der Waals surface area contributed by atoms with Gasteiger partial charge < -0.3 is 30.9 Å². The molecule has 0 aliphatic carbocycles. The van der Waals surface area contributed by atoms with Crippen LogP contribution in [0.3, 0.4) is 0 Å². The number of carbonyl (C=O) groups is 3. The third kappa shape index (κ3) is 7.11. The summed E-state index contributed by atoms with van der Waals surface area (Å²) < 4.78 is 10.3. The highest BCUT2D eigenvalue weighted by atomic mass is 16.6. The van der Waals surface area contributed by atoms with E-state index in [1.165, 1.54) is 0 Å². The number of nitrogens with two attached hydrogens (primary N) is 1. The monoisotopic (exact) mass is 455 g/mol. The van der Waals surface area contributed by atoms with Crippen molar-refractivity contribution in [1.82, 2.24) is 10.6 Å². The van der Waals surface area contributed by atoms with Gasteiger partial charge >= 0.3 is 0 Å². The predicted octanol–water partition coefficient (Wildman–Crippen LogP) is -0.262. The van der Waals surface area contributed by atoms with Crippen LogP contribution in [0.1, 0.15) is 11.1 Å². The molecule has 3 rings (SSSR count). The van der Waals surface area contributed by atoms with E-state index >= 15 is 0 Å². The van der Waals surface area contributed by atoms with Crippen molar-refractivity contribution in [2.75, 3.05) is 20.3 Å². The zero-order chi connectivity index (χ0) is 23.8. The lowest BCUT2D eigenvalue weighted by Crippen LogP contribution is -2.56. The van der Waals surface area contributed by atoms with Crippen LogP contribution in [-0.2, 0) is 32.0 Å². The number of rotatable bonds is 12. The molecule has 4 atom stereocenters. The highest BCUT2D eigenvalue weighted by molar-refractivity contribution is 5.96. The van der Waals surface area contributed by atoms with Crippen LogP contribution in [0, 0.1) is 0 Å². The van der Waals surface area contributed by atoms with Gasteiger partial charge in [0, 0.05) is 6.42 Å². The topological polar surface area (TPSA) is 143 Å². The lowest BCUT2D eigenvalue weighted by molar-refractivity contribution is -0.132. The molecular weight excluding hydrogens is 426 g/mol. The van der Waals surface area contributed by atoms with Gasteiger partial charge in [-0.3, -0.25) is 14.4 Å². The maximum absolute atomic E-state index is 13.2. The largest absolute Gasteiger partial charge is 0.497 e. The Bertz CT molecular complexity index is 946. The fraction of sp³-hybridized carbons (Fsp3) is 0.375. The summed E-state index contributed by atoms with van der Waals surface area (Å²) in [6.45, 7) is -0.228. The van der Waals surface area contributed by atoms with Crippen LogP contribution in [-0.4, -0.2) is 67.3 Å². The van der Waals surface area contributed by atoms with Crippen molar-refractivity contribution in [2.24, 2.45) is 5.73 Å². The zero-order valence-corrected chi connectivity index (χ0v) is 18.4. The number of ether oxygens (including phenoxy) is 2. The van der Waals surface area contributed by atoms with Crippen LogP contribution < -0.4 is 21.1 Å². The summed E-state index contributed by atoms with van der Waals surface area (Å²) in [5.41, 5.74) is 7.27. The molecule has 0 bridgehead atoms. The van der Waals surface area contributed by atoms with Gasteiger partial charge in [0.15, 0.2) is 5.78 Å². The van der Waals surface area contributed by atoms with Crippen molar-refractivity contribution < 1.29 is 29.0 Å². The minimum absolute atomic E-state index is 0.159. The Balaban J connectivity index is 1.77. The zero-order valence-electron chi connectivity index (χ0n) is 18.4. The highest BCUT2D eigenvalue weighted by Crippen LogP contribution is 2.16. The standard InChI is InChI=1S/C24H29N3O6/c1-32-17-9-7-16(8-10-17)12-20(27-23(30)18(25)13-28)24(31)26-19(22(29)21-14-33-21)11-15-5-3-2-4-6-15/h2-10,18-21,28H,11-14,25H2,1H3,(H,26,31)(H,27,30)/t18-,19-,20-,21+/m0/s1. The van der Waals surface area contributed by atoms with Crippen LogP contribution in [0.15, 0.2) is 54.6 Å². The Kier molecular flexibility index (Phi) is 8.53. The van der Waals surface area contributed by atoms with Crippen molar-refractivity contribution in [3.8, 4) is 5.75 Å². The van der Waals surface area contributed by atoms with Crippen LogP contribution in [0.25, 0.3) is 0 Å². The maximum Gasteiger partial charge on any atom is 0.243 e. The van der Waals surface area contributed by atoms with Crippen molar-refractivity contribution >= 4 is 17.6 Å². The smallest absolute Gasteiger partial charge is 0.243 e. The fourth-order valence-corrected chi connectivity index (χ4v) is 3.35. The fourth-order valence-electron chi connectivity index (χ4n) is 3.35. The molecule has 2 aromatic carbocycles. The Labute approximate surface area is 192 Å². The molecule has 1 heterocycles. The molecule has 9 nitrogen and oxygen atoms in total. The molecule has 0 unspecified atom stereocenters. The van der Waals surface area contributed by atoms with E-state index in [1.807, 2.05) is 30.3 Å². The van der Waals surface area contributed by atoms with E-state index in [1.54, 1.807) is 31.4 Å². The Hall–Kier alpha value is -3.27. The van der Waals surface area contributed by atoms with E-state index in [0.717, 1.165) is 11.1 Å². The van der Waals surface area contributed by atoms with Crippen molar-refractivity contribution in [1.29, 1.82) is 0 Å². The van der Waals surface area contributed by atoms with E-state index in [0.29, 0.717) is 18.8 Å². The number of epoxide rings is 1. The van der Waals surface area contributed by atoms with Gasteiger partial charge in [0.2, 0.25) is 11.8 Å². The molecule has 0 aromatic heterocycles. The number of aliphatic hydroxyl groups excluding tert-OH is 1. The predicted molar refractivity (Wildman–Crippen MR) is 121 cm³/mol. The van der Waals surface area contributed by atoms with E-state index < -0.39 is 42.7 Å². The normalized spacial score (nSPS) is 17.4. The minimum atomic E-state index is -1.17. The first kappa shape index (κ1) is 24.4. The van der Waals surface area contributed by atoms with E-state index in [4.69, 9.17) is 15.2 Å². The first-order valence-corrected chi connectivity index (χ1v) is 10.7. The summed E-state index contributed by atoms with van der Waals surface area (Å²) in [5.74, 6) is -0.750. The number of methoxy groups -OCH3 is 1. The van der Waals surface area contributed by atoms with Crippen LogP contribution in [0.5, 0.6) is 5.75 Å². The van der Waals surface area contributed by atoms with Gasteiger partial charge in [-0.05, 0) is 29.7 Å². The molecule has 1 saturated heterocycles. The Morgan fingerprint density at radius 2 is 1.58 bits per heavy atom. The highest BCUT2D eigenvalue weighted by Gasteiger charge is 2.38. The second kappa shape index (κ2) is 11.6. The number of benzene rings is 2. The summed E-state index contributed by atoms with van der Waals surface area (Å²) in [4.78, 5) is 38.3. The summed E-state index contributed by atoms with van der Waals surface area (Å²) in [6, 6.07) is 13.4. The second-order valence-corrected chi connectivity index (χ2v) is 7.88. The molecule has 176 valence electrons. The average Bonchev–Trinajstić information content (AvgIpc) is 3.68. The number of Topliss-reactive ketones (excluding diaryl/α,β-unsaturated/α-hetero) is 1. The first-order valence-electron chi connectivity index (χ1n) is 10.7. The van der Waals surface area contributed by atoms with E-state index in [-0.39, 0.29) is 12.2 Å². The van der Waals surface area contributed by atoms with Gasteiger partial charge in [-0.25, -0.2) is 0 Å². The molecule has 1 aliphatic rings. The summed E-state index contributed by atoms with van der Waals surface area (Å²) >= 11 is 0. The van der Waals surface area contributed by atoms with Gasteiger partial charge in [0.1, 0.15) is 23.9 Å². The molecule has 2 amide bonds. The minimum Gasteiger partial charge on any atom is -0.497 e. The van der Waals surface area contributed by atoms with Gasteiger partial charge in [-0.1, -0.05) is 42.5 Å². The molecule has 33 heavy (non-hydrogen) atoms. The number of hydrogen-bond donors (Lipinski definition) is 4. The van der Waals surface area contributed by atoms with Crippen molar-refractivity contribution in [2.45, 2.75) is 37.1 Å². The van der Waals surface area contributed by atoms with Crippen LogP contribution in [0.2, 0.25) is 0 Å². The SMILES string of the molecule is COc1ccc(C[C@H](NC(=O)[C@@H](N)CO)C(=O)N[C@@H](Cc2ccccc2)C(=O)[C@H]2CO2)cc1. The van der Waals surface area contributed by atoms with Gasteiger partial charge in [-0.2, -0.15) is 0 Å². The second-order valence-electron chi connectivity index (χ2n) is 7.88. The quantitative estimate of drug-likeness (QED) is 0.323. The Morgan fingerprint density at radius 3 is 2.15 bits per heavy atom. The van der Waals surface area contributed by atoms with E-state index in [2.05, 4.69) is 10.6 Å². The van der Waals surface area contributed by atoms with Gasteiger partial charge in [0.05, 0.1) is 26.4 Å². The number of nitrogens with one attached hydrogen (secondary N) is 2. The van der Waals surface area contributed by atoms with Crippen molar-refractivity contribution in [3.05, 3.63) is 65.7 Å². The summed E-state index contributed by atoms with van der Waals surface area (Å²) in [6.07, 6.45) is -0.0762. The molecule has 1 fully saturated rings. The van der Waals surface area contributed by atoms with E-state index in [9.17, 15) is 19.5 Å².